The largest absolute Gasteiger partial charge is 0.402 e. The van der Waals surface area contributed by atoms with E-state index in [4.69, 9.17) is 19.9 Å². The molecule has 31 heavy (non-hydrogen) atoms. The minimum atomic E-state index is -2.02. The smallest absolute Gasteiger partial charge is 0.223 e. The molecular formula is C23H30N4O3Si. The Hall–Kier alpha value is -2.55. The van der Waals surface area contributed by atoms with Gasteiger partial charge in [0.1, 0.15) is 5.60 Å². The van der Waals surface area contributed by atoms with Gasteiger partial charge in [0.25, 0.3) is 0 Å². The second-order valence-corrected chi connectivity index (χ2v) is 14.5. The molecule has 3 aromatic heterocycles. The zero-order chi connectivity index (χ0) is 22.4. The van der Waals surface area contributed by atoms with Gasteiger partial charge in [-0.15, -0.1) is 0 Å². The summed E-state index contributed by atoms with van der Waals surface area (Å²) in [4.78, 5) is 23.9. The van der Waals surface area contributed by atoms with Crippen LogP contribution in [0, 0.1) is 0 Å². The predicted molar refractivity (Wildman–Crippen MR) is 123 cm³/mol. The molecule has 7 nitrogen and oxygen atoms in total. The molecule has 8 heteroatoms. The molecule has 1 aliphatic rings. The van der Waals surface area contributed by atoms with Gasteiger partial charge in [-0.1, -0.05) is 26.8 Å². The van der Waals surface area contributed by atoms with Crippen molar-refractivity contribution in [1.29, 1.82) is 0 Å². The van der Waals surface area contributed by atoms with Crippen LogP contribution in [0.5, 0.6) is 0 Å². The molecule has 0 aliphatic carbocycles. The third kappa shape index (κ3) is 4.03. The fraction of sp³-hybridized carbons (Fsp3) is 0.435. The molecule has 4 heterocycles. The average Bonchev–Trinajstić information content (AvgIpc) is 3.06. The maximum atomic E-state index is 11.3. The number of nitrogens with two attached hydrogens (primary N) is 1. The second kappa shape index (κ2) is 7.54. The first-order chi connectivity index (χ1) is 14.5. The summed E-state index contributed by atoms with van der Waals surface area (Å²) in [5.41, 5.74) is 9.04. The zero-order valence-electron chi connectivity index (χ0n) is 18.8. The Labute approximate surface area is 183 Å². The molecule has 1 aliphatic heterocycles. The molecular weight excluding hydrogens is 408 g/mol. The summed E-state index contributed by atoms with van der Waals surface area (Å²) in [5, 5.41) is 1.05. The van der Waals surface area contributed by atoms with Gasteiger partial charge < -0.3 is 19.9 Å². The highest BCUT2D eigenvalue weighted by Crippen LogP contribution is 2.44. The lowest BCUT2D eigenvalue weighted by atomic mass is 9.96. The van der Waals surface area contributed by atoms with Crippen LogP contribution in [0.1, 0.15) is 32.2 Å². The van der Waals surface area contributed by atoms with Gasteiger partial charge in [0.15, 0.2) is 8.32 Å². The van der Waals surface area contributed by atoms with Crippen molar-refractivity contribution in [2.45, 2.75) is 50.9 Å². The van der Waals surface area contributed by atoms with Crippen LogP contribution in [0.3, 0.4) is 0 Å². The number of aromatic nitrogens is 3. The number of primary amides is 1. The first-order valence-corrected chi connectivity index (χ1v) is 13.4. The first kappa shape index (κ1) is 21.7. The molecule has 0 radical (unpaired) electrons. The summed E-state index contributed by atoms with van der Waals surface area (Å²) in [6.07, 6.45) is 3.75. The lowest BCUT2D eigenvalue weighted by Crippen LogP contribution is -2.57. The van der Waals surface area contributed by atoms with Crippen LogP contribution in [0.15, 0.2) is 36.7 Å². The topological polar surface area (TPSA) is 103 Å². The van der Waals surface area contributed by atoms with Gasteiger partial charge >= 0.3 is 0 Å². The number of ether oxygens (including phenoxy) is 1. The number of amides is 1. The van der Waals surface area contributed by atoms with E-state index in [9.17, 15) is 4.79 Å². The molecule has 164 valence electrons. The molecule has 1 fully saturated rings. The standard InChI is InChI=1S/C23H30N4O3Si/c1-22(2,3)31(4,5)30-23(13-29-14-23)20-8-6-7-18(27-20)17-11-26-19-12-25-15(9-16(17)19)10-21(24)28/h6-9,11-12,26H,10,13-14H2,1-5H3,(H2,24,28). The van der Waals surface area contributed by atoms with E-state index in [1.54, 1.807) is 6.20 Å². The summed E-state index contributed by atoms with van der Waals surface area (Å²) < 4.78 is 12.4. The summed E-state index contributed by atoms with van der Waals surface area (Å²) in [6.45, 7) is 12.2. The summed E-state index contributed by atoms with van der Waals surface area (Å²) >= 11 is 0. The molecule has 0 saturated carbocycles. The van der Waals surface area contributed by atoms with Crippen LogP contribution in [0.4, 0.5) is 0 Å². The fourth-order valence-electron chi connectivity index (χ4n) is 3.58. The van der Waals surface area contributed by atoms with Crippen LogP contribution < -0.4 is 5.73 Å². The summed E-state index contributed by atoms with van der Waals surface area (Å²) in [6, 6.07) is 7.92. The number of rotatable bonds is 6. The third-order valence-electron chi connectivity index (χ3n) is 6.40. The van der Waals surface area contributed by atoms with Crippen molar-refractivity contribution in [2.75, 3.05) is 13.2 Å². The fourth-order valence-corrected chi connectivity index (χ4v) is 5.08. The van der Waals surface area contributed by atoms with E-state index >= 15 is 0 Å². The predicted octanol–water partition coefficient (Wildman–Crippen LogP) is 3.90. The number of carbonyl (C=O) groups excluding carboxylic acids is 1. The molecule has 0 spiro atoms. The lowest BCUT2D eigenvalue weighted by molar-refractivity contribution is -0.176. The van der Waals surface area contributed by atoms with Crippen LogP contribution in [0.2, 0.25) is 18.1 Å². The Morgan fingerprint density at radius 1 is 1.32 bits per heavy atom. The van der Waals surface area contributed by atoms with Gasteiger partial charge in [-0.25, -0.2) is 4.98 Å². The Morgan fingerprint density at radius 2 is 2.06 bits per heavy atom. The molecule has 4 rings (SSSR count). The highest BCUT2D eigenvalue weighted by atomic mass is 28.4. The van der Waals surface area contributed by atoms with E-state index in [0.717, 1.165) is 27.9 Å². The summed E-state index contributed by atoms with van der Waals surface area (Å²) in [7, 11) is -2.02. The number of hydrogen-bond donors (Lipinski definition) is 2. The number of carbonyl (C=O) groups is 1. The number of nitrogens with zero attached hydrogens (tertiary/aromatic N) is 2. The van der Waals surface area contributed by atoms with Gasteiger partial charge in [-0.3, -0.25) is 9.78 Å². The monoisotopic (exact) mass is 438 g/mol. The van der Waals surface area contributed by atoms with Crippen LogP contribution in [0.25, 0.3) is 22.2 Å². The second-order valence-electron chi connectivity index (χ2n) is 9.82. The lowest BCUT2D eigenvalue weighted by Gasteiger charge is -2.49. The van der Waals surface area contributed by atoms with E-state index in [-0.39, 0.29) is 11.5 Å². The zero-order valence-corrected chi connectivity index (χ0v) is 19.8. The first-order valence-electron chi connectivity index (χ1n) is 10.5. The van der Waals surface area contributed by atoms with Crippen molar-refractivity contribution in [2.24, 2.45) is 5.73 Å². The van der Waals surface area contributed by atoms with Gasteiger partial charge in [0.05, 0.1) is 48.4 Å². The number of H-pyrrole nitrogens is 1. The highest BCUT2D eigenvalue weighted by Gasteiger charge is 2.50. The van der Waals surface area contributed by atoms with Crippen LogP contribution >= 0.6 is 0 Å². The van der Waals surface area contributed by atoms with Crippen molar-refractivity contribution in [3.8, 4) is 11.3 Å². The Kier molecular flexibility index (Phi) is 5.27. The van der Waals surface area contributed by atoms with Gasteiger partial charge in [-0.2, -0.15) is 0 Å². The molecule has 3 N–H and O–H groups in total. The maximum absolute atomic E-state index is 11.3. The van der Waals surface area contributed by atoms with Gasteiger partial charge in [0.2, 0.25) is 5.91 Å². The molecule has 0 atom stereocenters. The van der Waals surface area contributed by atoms with Gasteiger partial charge in [0, 0.05) is 17.1 Å². The Balaban J connectivity index is 1.72. The van der Waals surface area contributed by atoms with Crippen molar-refractivity contribution >= 4 is 25.1 Å². The molecule has 0 unspecified atom stereocenters. The summed E-state index contributed by atoms with van der Waals surface area (Å²) in [5.74, 6) is -0.404. The van der Waals surface area contributed by atoms with E-state index in [1.807, 2.05) is 30.5 Å². The van der Waals surface area contributed by atoms with E-state index in [0.29, 0.717) is 18.9 Å². The number of hydrogen-bond acceptors (Lipinski definition) is 5. The molecule has 1 saturated heterocycles. The van der Waals surface area contributed by atoms with E-state index in [1.165, 1.54) is 0 Å². The van der Waals surface area contributed by atoms with Crippen molar-refractivity contribution < 1.29 is 14.0 Å². The Bertz CT molecular complexity index is 1130. The minimum absolute atomic E-state index is 0.0911. The van der Waals surface area contributed by atoms with E-state index < -0.39 is 19.8 Å². The minimum Gasteiger partial charge on any atom is -0.402 e. The van der Waals surface area contributed by atoms with Crippen LogP contribution in [-0.4, -0.2) is 42.4 Å². The number of fused-ring (bicyclic) bond motifs is 1. The maximum Gasteiger partial charge on any atom is 0.223 e. The molecule has 1 amide bonds. The SMILES string of the molecule is CC(C)(C)[Si](C)(C)OC1(c2cccc(-c3c[nH]c4cnc(CC(N)=O)cc34)n2)COC1. The quantitative estimate of drug-likeness (QED) is 0.568. The van der Waals surface area contributed by atoms with E-state index in [2.05, 4.69) is 43.8 Å². The molecule has 0 aromatic carbocycles. The van der Waals surface area contributed by atoms with Crippen LogP contribution in [-0.2, 0) is 26.0 Å². The number of pyridine rings is 2. The number of aromatic amines is 1. The van der Waals surface area contributed by atoms with Crippen molar-refractivity contribution in [1.82, 2.24) is 15.0 Å². The van der Waals surface area contributed by atoms with Crippen molar-refractivity contribution in [3.63, 3.8) is 0 Å². The Morgan fingerprint density at radius 3 is 2.68 bits per heavy atom. The highest BCUT2D eigenvalue weighted by molar-refractivity contribution is 6.74. The van der Waals surface area contributed by atoms with Gasteiger partial charge in [-0.05, 0) is 36.3 Å². The normalized spacial score (nSPS) is 16.3. The third-order valence-corrected chi connectivity index (χ3v) is 10.9. The molecule has 3 aromatic rings. The molecule has 0 bridgehead atoms. The van der Waals surface area contributed by atoms with Crippen molar-refractivity contribution in [3.05, 3.63) is 48.0 Å². The number of nitrogens with one attached hydrogen (secondary N) is 1. The average molecular weight is 439 g/mol.